The van der Waals surface area contributed by atoms with Crippen molar-refractivity contribution in [3.8, 4) is 0 Å². The molecule has 0 spiro atoms. The summed E-state index contributed by atoms with van der Waals surface area (Å²) in [6.45, 7) is 2.99. The summed E-state index contributed by atoms with van der Waals surface area (Å²) in [7, 11) is 0. The second-order valence-electron chi connectivity index (χ2n) is 9.71. The van der Waals surface area contributed by atoms with Crippen molar-refractivity contribution in [2.24, 2.45) is 5.92 Å². The van der Waals surface area contributed by atoms with Crippen LogP contribution in [0.5, 0.6) is 0 Å². The molecule has 3 heterocycles. The van der Waals surface area contributed by atoms with Crippen LogP contribution in [-0.4, -0.2) is 48.6 Å². The second-order valence-corrected chi connectivity index (χ2v) is 9.71. The molecule has 2 bridgehead atoms. The third-order valence-corrected chi connectivity index (χ3v) is 7.30. The van der Waals surface area contributed by atoms with Crippen molar-refractivity contribution in [3.63, 3.8) is 0 Å². The van der Waals surface area contributed by atoms with Crippen LogP contribution in [0.4, 0.5) is 11.4 Å². The lowest BCUT2D eigenvalue weighted by Crippen LogP contribution is -2.66. The van der Waals surface area contributed by atoms with E-state index in [2.05, 4.69) is 10.6 Å². The number of hydrogen-bond donors (Lipinski definition) is 2. The lowest BCUT2D eigenvalue weighted by Gasteiger charge is -2.51. The molecule has 3 aliphatic rings. The number of piperidine rings is 3. The molecule has 0 aliphatic carbocycles. The molecule has 35 heavy (non-hydrogen) atoms. The van der Waals surface area contributed by atoms with Gasteiger partial charge in [0.1, 0.15) is 6.54 Å². The molecule has 3 fully saturated rings. The van der Waals surface area contributed by atoms with Crippen LogP contribution < -0.4 is 10.6 Å². The van der Waals surface area contributed by atoms with Gasteiger partial charge in [0.05, 0.1) is 13.1 Å². The van der Waals surface area contributed by atoms with Crippen LogP contribution in [0.2, 0.25) is 0 Å². The highest BCUT2D eigenvalue weighted by Gasteiger charge is 2.49. The Kier molecular flexibility index (Phi) is 6.82. The van der Waals surface area contributed by atoms with Crippen molar-refractivity contribution in [1.29, 1.82) is 0 Å². The van der Waals surface area contributed by atoms with E-state index in [4.69, 9.17) is 4.74 Å². The number of benzene rings is 3. The van der Waals surface area contributed by atoms with Gasteiger partial charge in [-0.05, 0) is 29.8 Å². The van der Waals surface area contributed by atoms with Gasteiger partial charge in [0, 0.05) is 30.1 Å². The fraction of sp³-hybridized carbons (Fsp3) is 0.310. The third kappa shape index (κ3) is 5.54. The quantitative estimate of drug-likeness (QED) is 0.372. The average molecular weight is 471 g/mol. The number of ether oxygens (including phenoxy) is 1. The monoisotopic (exact) mass is 470 g/mol. The molecule has 3 aromatic carbocycles. The standard InChI is InChI=1S/C29H31N3O3/c33-27(30-24-12-6-2-7-13-24)21-32-18-16-22(17-19-32)26(20-32)35-29(34)28(23-10-4-1-5-11-23)31-25-14-8-3-9-15-25/h1-15,22,26,28,31H,16-21H2/p+1/t22?,26-,28?,32?/m0/s1. The Hall–Kier alpha value is -3.64. The molecule has 6 rings (SSSR count). The van der Waals surface area contributed by atoms with Gasteiger partial charge in [0.25, 0.3) is 5.91 Å². The number of carbonyl (C=O) groups excluding carboxylic acids is 2. The fourth-order valence-corrected chi connectivity index (χ4v) is 5.45. The van der Waals surface area contributed by atoms with Crippen LogP contribution in [0.25, 0.3) is 0 Å². The molecule has 0 aromatic heterocycles. The summed E-state index contributed by atoms with van der Waals surface area (Å²) in [5, 5.41) is 6.37. The molecule has 3 aliphatic heterocycles. The Morgan fingerprint density at radius 3 is 2.03 bits per heavy atom. The number of para-hydroxylation sites is 2. The number of fused-ring (bicyclic) bond motifs is 3. The minimum absolute atomic E-state index is 0.00883. The predicted molar refractivity (Wildman–Crippen MR) is 137 cm³/mol. The van der Waals surface area contributed by atoms with E-state index in [0.717, 1.165) is 42.9 Å². The topological polar surface area (TPSA) is 67.4 Å². The SMILES string of the molecule is O=C(C[N+]12CCC(CC1)[C@@H](OC(=O)C(Nc1ccccc1)c1ccccc1)C2)Nc1ccccc1. The Morgan fingerprint density at radius 1 is 0.829 bits per heavy atom. The second kappa shape index (κ2) is 10.3. The molecule has 180 valence electrons. The molecular formula is C29H32N3O3+. The smallest absolute Gasteiger partial charge is 0.333 e. The highest BCUT2D eigenvalue weighted by atomic mass is 16.5. The Bertz CT molecular complexity index is 1130. The minimum Gasteiger partial charge on any atom is -0.454 e. The van der Waals surface area contributed by atoms with Gasteiger partial charge in [-0.3, -0.25) is 4.79 Å². The first-order valence-corrected chi connectivity index (χ1v) is 12.4. The highest BCUT2D eigenvalue weighted by Crippen LogP contribution is 2.36. The molecule has 2 N–H and O–H groups in total. The Balaban J connectivity index is 1.27. The van der Waals surface area contributed by atoms with Gasteiger partial charge in [-0.25, -0.2) is 4.79 Å². The highest BCUT2D eigenvalue weighted by molar-refractivity contribution is 5.91. The van der Waals surface area contributed by atoms with E-state index in [1.54, 1.807) is 0 Å². The lowest BCUT2D eigenvalue weighted by atomic mass is 9.83. The minimum atomic E-state index is -0.594. The molecule has 6 nitrogen and oxygen atoms in total. The maximum absolute atomic E-state index is 13.5. The van der Waals surface area contributed by atoms with Gasteiger partial charge in [0.2, 0.25) is 0 Å². The van der Waals surface area contributed by atoms with E-state index in [-0.39, 0.29) is 18.0 Å². The number of amides is 1. The predicted octanol–water partition coefficient (Wildman–Crippen LogP) is 4.63. The molecule has 1 amide bonds. The van der Waals surface area contributed by atoms with Crippen LogP contribution in [-0.2, 0) is 14.3 Å². The number of quaternary nitrogens is 1. The zero-order valence-electron chi connectivity index (χ0n) is 19.8. The molecule has 6 heteroatoms. The van der Waals surface area contributed by atoms with Gasteiger partial charge in [-0.15, -0.1) is 0 Å². The summed E-state index contributed by atoms with van der Waals surface area (Å²) >= 11 is 0. The van der Waals surface area contributed by atoms with Crippen molar-refractivity contribution in [2.45, 2.75) is 25.0 Å². The number of hydrogen-bond acceptors (Lipinski definition) is 4. The zero-order valence-corrected chi connectivity index (χ0v) is 19.8. The van der Waals surface area contributed by atoms with E-state index < -0.39 is 6.04 Å². The summed E-state index contributed by atoms with van der Waals surface area (Å²) in [6.07, 6.45) is 1.76. The number of nitrogens with one attached hydrogen (secondary N) is 2. The van der Waals surface area contributed by atoms with Crippen molar-refractivity contribution in [1.82, 2.24) is 0 Å². The number of anilines is 2. The van der Waals surface area contributed by atoms with Gasteiger partial charge in [0.15, 0.2) is 18.7 Å². The Morgan fingerprint density at radius 2 is 1.40 bits per heavy atom. The zero-order chi connectivity index (χ0) is 24.1. The molecule has 3 aromatic rings. The van der Waals surface area contributed by atoms with Gasteiger partial charge in [-0.2, -0.15) is 0 Å². The van der Waals surface area contributed by atoms with Crippen LogP contribution in [0.15, 0.2) is 91.0 Å². The third-order valence-electron chi connectivity index (χ3n) is 7.30. The first kappa shape index (κ1) is 23.1. The number of carbonyl (C=O) groups is 2. The number of rotatable bonds is 8. The summed E-state index contributed by atoms with van der Waals surface area (Å²) in [5.41, 5.74) is 2.55. The maximum Gasteiger partial charge on any atom is 0.333 e. The summed E-state index contributed by atoms with van der Waals surface area (Å²) in [6, 6.07) is 28.4. The van der Waals surface area contributed by atoms with Crippen molar-refractivity contribution >= 4 is 23.3 Å². The van der Waals surface area contributed by atoms with E-state index in [9.17, 15) is 9.59 Å². The Labute approximate surface area is 206 Å². The summed E-state index contributed by atoms with van der Waals surface area (Å²) in [4.78, 5) is 26.3. The van der Waals surface area contributed by atoms with E-state index >= 15 is 0 Å². The molecule has 0 saturated carbocycles. The summed E-state index contributed by atoms with van der Waals surface area (Å²) in [5.74, 6) is 0.0875. The normalized spacial score (nSPS) is 23.8. The number of nitrogens with zero attached hydrogens (tertiary/aromatic N) is 1. The first-order chi connectivity index (χ1) is 17.1. The van der Waals surface area contributed by atoms with Crippen molar-refractivity contribution in [2.75, 3.05) is 36.8 Å². The van der Waals surface area contributed by atoms with Crippen LogP contribution in [0, 0.1) is 5.92 Å². The average Bonchev–Trinajstić information content (AvgIpc) is 2.89. The first-order valence-electron chi connectivity index (χ1n) is 12.4. The molecule has 0 radical (unpaired) electrons. The van der Waals surface area contributed by atoms with Crippen molar-refractivity contribution in [3.05, 3.63) is 96.6 Å². The maximum atomic E-state index is 13.5. The largest absolute Gasteiger partial charge is 0.454 e. The van der Waals surface area contributed by atoms with Crippen molar-refractivity contribution < 1.29 is 18.8 Å². The van der Waals surface area contributed by atoms with Gasteiger partial charge >= 0.3 is 5.97 Å². The van der Waals surface area contributed by atoms with E-state index in [1.165, 1.54) is 0 Å². The lowest BCUT2D eigenvalue weighted by molar-refractivity contribution is -0.938. The molecule has 3 saturated heterocycles. The van der Waals surface area contributed by atoms with Gasteiger partial charge < -0.3 is 19.9 Å². The van der Waals surface area contributed by atoms with Gasteiger partial charge in [-0.1, -0.05) is 66.7 Å². The number of esters is 1. The van der Waals surface area contributed by atoms with Crippen LogP contribution >= 0.6 is 0 Å². The molecule has 1 unspecified atom stereocenters. The molecule has 2 atom stereocenters. The van der Waals surface area contributed by atoms with E-state index in [1.807, 2.05) is 91.0 Å². The molecular weight excluding hydrogens is 438 g/mol. The summed E-state index contributed by atoms with van der Waals surface area (Å²) < 4.78 is 6.87. The van der Waals surface area contributed by atoms with Crippen LogP contribution in [0.1, 0.15) is 24.4 Å². The van der Waals surface area contributed by atoms with E-state index in [0.29, 0.717) is 23.5 Å². The van der Waals surface area contributed by atoms with Crippen LogP contribution in [0.3, 0.4) is 0 Å². The fourth-order valence-electron chi connectivity index (χ4n) is 5.45.